The molecule has 0 unspecified atom stereocenters. The van der Waals surface area contributed by atoms with Crippen LogP contribution in [0.15, 0.2) is 30.3 Å². The molecule has 0 aromatic heterocycles. The first kappa shape index (κ1) is 12.2. The van der Waals surface area contributed by atoms with Crippen LogP contribution in [0.4, 0.5) is 0 Å². The zero-order chi connectivity index (χ0) is 12.8. The molecular weight excluding hydrogens is 224 g/mol. The summed E-state index contributed by atoms with van der Waals surface area (Å²) >= 11 is 0. The SMILES string of the molecule is CC1(C)[C@@H]2CC[C@@](C)(O2)[C@H]1OCc1ccccc1. The molecule has 2 saturated heterocycles. The van der Waals surface area contributed by atoms with Crippen LogP contribution >= 0.6 is 0 Å². The van der Waals surface area contributed by atoms with Gasteiger partial charge in [-0.05, 0) is 25.3 Å². The van der Waals surface area contributed by atoms with Gasteiger partial charge in [0.25, 0.3) is 0 Å². The maximum Gasteiger partial charge on any atom is 0.0942 e. The summed E-state index contributed by atoms with van der Waals surface area (Å²) < 4.78 is 12.4. The van der Waals surface area contributed by atoms with Crippen molar-refractivity contribution in [1.29, 1.82) is 0 Å². The highest BCUT2D eigenvalue weighted by Gasteiger charge is 2.61. The molecule has 1 aromatic carbocycles. The zero-order valence-electron chi connectivity index (χ0n) is 11.5. The van der Waals surface area contributed by atoms with Gasteiger partial charge >= 0.3 is 0 Å². The summed E-state index contributed by atoms with van der Waals surface area (Å²) in [7, 11) is 0. The van der Waals surface area contributed by atoms with Crippen LogP contribution in [0.25, 0.3) is 0 Å². The third-order valence-corrected chi connectivity index (χ3v) is 4.63. The Bertz CT molecular complexity index is 421. The Morgan fingerprint density at radius 3 is 2.56 bits per heavy atom. The summed E-state index contributed by atoms with van der Waals surface area (Å²) in [4.78, 5) is 0. The molecule has 2 heterocycles. The minimum atomic E-state index is -0.0804. The van der Waals surface area contributed by atoms with Crippen molar-refractivity contribution in [2.24, 2.45) is 5.41 Å². The van der Waals surface area contributed by atoms with Gasteiger partial charge in [-0.1, -0.05) is 44.2 Å². The van der Waals surface area contributed by atoms with Crippen molar-refractivity contribution in [3.63, 3.8) is 0 Å². The van der Waals surface area contributed by atoms with Gasteiger partial charge in [0.05, 0.1) is 24.4 Å². The fourth-order valence-corrected chi connectivity index (χ4v) is 3.68. The molecule has 2 bridgehead atoms. The smallest absolute Gasteiger partial charge is 0.0942 e. The Morgan fingerprint density at radius 1 is 1.22 bits per heavy atom. The number of benzene rings is 1. The van der Waals surface area contributed by atoms with Gasteiger partial charge in [0.2, 0.25) is 0 Å². The largest absolute Gasteiger partial charge is 0.370 e. The van der Waals surface area contributed by atoms with E-state index < -0.39 is 0 Å². The number of rotatable bonds is 3. The molecule has 98 valence electrons. The Morgan fingerprint density at radius 2 is 1.94 bits per heavy atom. The van der Waals surface area contributed by atoms with Crippen LogP contribution in [0.2, 0.25) is 0 Å². The minimum absolute atomic E-state index is 0.0804. The standard InChI is InChI=1S/C16H22O2/c1-15(2)13-9-10-16(3,18-13)14(15)17-11-12-7-5-4-6-8-12/h4-8,13-14H,9-11H2,1-3H3/t13-,14-,16+/m0/s1. The van der Waals surface area contributed by atoms with E-state index in [2.05, 4.69) is 45.0 Å². The maximum absolute atomic E-state index is 6.22. The molecular formula is C16H22O2. The van der Waals surface area contributed by atoms with Gasteiger partial charge in [0, 0.05) is 5.41 Å². The van der Waals surface area contributed by atoms with Crippen molar-refractivity contribution in [2.75, 3.05) is 0 Å². The lowest BCUT2D eigenvalue weighted by molar-refractivity contribution is -0.0887. The first-order valence-electron chi connectivity index (χ1n) is 6.86. The van der Waals surface area contributed by atoms with Gasteiger partial charge in [-0.3, -0.25) is 0 Å². The van der Waals surface area contributed by atoms with Crippen molar-refractivity contribution in [1.82, 2.24) is 0 Å². The Labute approximate surface area is 109 Å². The minimum Gasteiger partial charge on any atom is -0.370 e. The lowest BCUT2D eigenvalue weighted by Crippen LogP contribution is -2.47. The molecule has 0 radical (unpaired) electrons. The molecule has 0 amide bonds. The third-order valence-electron chi connectivity index (χ3n) is 4.63. The van der Waals surface area contributed by atoms with E-state index in [1.807, 2.05) is 6.07 Å². The molecule has 0 saturated carbocycles. The molecule has 3 rings (SSSR count). The van der Waals surface area contributed by atoms with E-state index in [4.69, 9.17) is 9.47 Å². The van der Waals surface area contributed by atoms with Crippen LogP contribution in [0.1, 0.15) is 39.2 Å². The highest BCUT2D eigenvalue weighted by Crippen LogP contribution is 2.55. The van der Waals surface area contributed by atoms with E-state index in [0.717, 1.165) is 6.42 Å². The van der Waals surface area contributed by atoms with Gasteiger partial charge in [0.15, 0.2) is 0 Å². The summed E-state index contributed by atoms with van der Waals surface area (Å²) in [5.41, 5.74) is 1.28. The molecule has 1 aromatic rings. The summed E-state index contributed by atoms with van der Waals surface area (Å²) in [6, 6.07) is 10.4. The fourth-order valence-electron chi connectivity index (χ4n) is 3.68. The molecule has 2 fully saturated rings. The number of ether oxygens (including phenoxy) is 2. The van der Waals surface area contributed by atoms with Gasteiger partial charge in [-0.2, -0.15) is 0 Å². The highest BCUT2D eigenvalue weighted by atomic mass is 16.6. The van der Waals surface area contributed by atoms with Gasteiger partial charge in [-0.15, -0.1) is 0 Å². The maximum atomic E-state index is 6.22. The lowest BCUT2D eigenvalue weighted by Gasteiger charge is -2.38. The molecule has 0 N–H and O–H groups in total. The molecule has 0 aliphatic carbocycles. The van der Waals surface area contributed by atoms with Crippen LogP contribution in [-0.4, -0.2) is 17.8 Å². The van der Waals surface area contributed by atoms with Crippen LogP contribution in [-0.2, 0) is 16.1 Å². The average molecular weight is 246 g/mol. The quantitative estimate of drug-likeness (QED) is 0.812. The van der Waals surface area contributed by atoms with Crippen molar-refractivity contribution in [2.45, 2.75) is 58.0 Å². The molecule has 2 nitrogen and oxygen atoms in total. The summed E-state index contributed by atoms with van der Waals surface area (Å²) in [6.45, 7) is 7.44. The van der Waals surface area contributed by atoms with Gasteiger partial charge in [-0.25, -0.2) is 0 Å². The second kappa shape index (κ2) is 4.07. The first-order chi connectivity index (χ1) is 8.52. The van der Waals surface area contributed by atoms with E-state index in [9.17, 15) is 0 Å². The normalized spacial score (nSPS) is 37.1. The van der Waals surface area contributed by atoms with Crippen LogP contribution in [0, 0.1) is 5.41 Å². The summed E-state index contributed by atoms with van der Waals surface area (Å²) in [6.07, 6.45) is 2.86. The molecule has 3 atom stereocenters. The van der Waals surface area contributed by atoms with E-state index >= 15 is 0 Å². The van der Waals surface area contributed by atoms with Crippen LogP contribution in [0.3, 0.4) is 0 Å². The predicted octanol–water partition coefficient (Wildman–Crippen LogP) is 3.55. The monoisotopic (exact) mass is 246 g/mol. The fraction of sp³-hybridized carbons (Fsp3) is 0.625. The third kappa shape index (κ3) is 1.79. The number of hydrogen-bond donors (Lipinski definition) is 0. The van der Waals surface area contributed by atoms with Crippen molar-refractivity contribution in [3.05, 3.63) is 35.9 Å². The van der Waals surface area contributed by atoms with Gasteiger partial charge < -0.3 is 9.47 Å². The average Bonchev–Trinajstić information content (AvgIpc) is 2.81. The van der Waals surface area contributed by atoms with Crippen LogP contribution in [0.5, 0.6) is 0 Å². The Hall–Kier alpha value is -0.860. The summed E-state index contributed by atoms with van der Waals surface area (Å²) in [5, 5.41) is 0. The van der Waals surface area contributed by atoms with Gasteiger partial charge in [0.1, 0.15) is 0 Å². The van der Waals surface area contributed by atoms with E-state index in [1.165, 1.54) is 12.0 Å². The van der Waals surface area contributed by atoms with Crippen molar-refractivity contribution in [3.8, 4) is 0 Å². The molecule has 2 aliphatic heterocycles. The second-order valence-corrected chi connectivity index (χ2v) is 6.46. The molecule has 2 aliphatic rings. The van der Waals surface area contributed by atoms with E-state index in [1.54, 1.807) is 0 Å². The second-order valence-electron chi connectivity index (χ2n) is 6.46. The zero-order valence-corrected chi connectivity index (χ0v) is 11.5. The summed E-state index contributed by atoms with van der Waals surface area (Å²) in [5.74, 6) is 0. The Balaban J connectivity index is 1.73. The first-order valence-corrected chi connectivity index (χ1v) is 6.86. The number of hydrogen-bond acceptors (Lipinski definition) is 2. The lowest BCUT2D eigenvalue weighted by atomic mass is 9.70. The molecule has 0 spiro atoms. The van der Waals surface area contributed by atoms with E-state index in [0.29, 0.717) is 12.7 Å². The molecule has 2 heteroatoms. The molecule has 18 heavy (non-hydrogen) atoms. The highest BCUT2D eigenvalue weighted by molar-refractivity contribution is 5.15. The number of fused-ring (bicyclic) bond motifs is 2. The Kier molecular flexibility index (Phi) is 2.76. The van der Waals surface area contributed by atoms with Crippen LogP contribution < -0.4 is 0 Å². The predicted molar refractivity (Wildman–Crippen MR) is 71.3 cm³/mol. The van der Waals surface area contributed by atoms with Crippen molar-refractivity contribution < 1.29 is 9.47 Å². The topological polar surface area (TPSA) is 18.5 Å². The van der Waals surface area contributed by atoms with Crippen molar-refractivity contribution >= 4 is 0 Å². The van der Waals surface area contributed by atoms with E-state index in [-0.39, 0.29) is 17.1 Å².